The molecule has 5 heteroatoms. The van der Waals surface area contributed by atoms with E-state index in [2.05, 4.69) is 34.2 Å². The molecule has 19 heavy (non-hydrogen) atoms. The van der Waals surface area contributed by atoms with Crippen molar-refractivity contribution in [2.75, 3.05) is 30.4 Å². The van der Waals surface area contributed by atoms with Gasteiger partial charge in [-0.25, -0.2) is 10.2 Å². The lowest BCUT2D eigenvalue weighted by Crippen LogP contribution is -2.21. The van der Waals surface area contributed by atoms with Crippen molar-refractivity contribution in [1.29, 1.82) is 5.26 Å². The topological polar surface area (TPSA) is 52.0 Å². The van der Waals surface area contributed by atoms with E-state index in [1.54, 1.807) is 0 Å². The van der Waals surface area contributed by atoms with Gasteiger partial charge in [-0.05, 0) is 24.0 Å². The van der Waals surface area contributed by atoms with Crippen LogP contribution < -0.4 is 10.2 Å². The summed E-state index contributed by atoms with van der Waals surface area (Å²) in [7, 11) is 1.87. The SMILES string of the molecule is CNc1ccc(N2CC(C)C(CB(C)C#N)C2)cn1. The average Bonchev–Trinajstić information content (AvgIpc) is 2.80. The molecule has 100 valence electrons. The standard InChI is InChI=1S/C14H21BN4/c1-11-8-19(9-12(11)6-15(2)10-16)13-4-5-14(17-3)18-7-13/h4-5,7,11-12H,6,8-9H2,1-3H3,(H,17,18). The van der Waals surface area contributed by atoms with Gasteiger partial charge in [-0.1, -0.05) is 20.1 Å². The number of nitrogens with one attached hydrogen (secondary N) is 1. The Balaban J connectivity index is 2.01. The van der Waals surface area contributed by atoms with Gasteiger partial charge < -0.3 is 10.2 Å². The summed E-state index contributed by atoms with van der Waals surface area (Å²) >= 11 is 0. The van der Waals surface area contributed by atoms with Crippen LogP contribution in [0.4, 0.5) is 11.5 Å². The van der Waals surface area contributed by atoms with E-state index in [9.17, 15) is 0 Å². The summed E-state index contributed by atoms with van der Waals surface area (Å²) in [5.74, 6) is 4.49. The van der Waals surface area contributed by atoms with Gasteiger partial charge in [0.15, 0.2) is 0 Å². The first-order valence-corrected chi connectivity index (χ1v) is 6.92. The maximum absolute atomic E-state index is 8.94. The van der Waals surface area contributed by atoms with Crippen molar-refractivity contribution in [3.05, 3.63) is 18.3 Å². The van der Waals surface area contributed by atoms with Crippen molar-refractivity contribution in [1.82, 2.24) is 4.98 Å². The largest absolute Gasteiger partial charge is 0.373 e. The highest BCUT2D eigenvalue weighted by molar-refractivity contribution is 6.65. The number of nitrogens with zero attached hydrogens (tertiary/aromatic N) is 3. The minimum Gasteiger partial charge on any atom is -0.373 e. The van der Waals surface area contributed by atoms with Gasteiger partial charge in [-0.3, -0.25) is 0 Å². The Morgan fingerprint density at radius 3 is 2.89 bits per heavy atom. The van der Waals surface area contributed by atoms with Crippen molar-refractivity contribution in [2.45, 2.75) is 20.1 Å². The van der Waals surface area contributed by atoms with Crippen molar-refractivity contribution < 1.29 is 0 Å². The second-order valence-electron chi connectivity index (χ2n) is 5.56. The highest BCUT2D eigenvalue weighted by Crippen LogP contribution is 2.31. The maximum Gasteiger partial charge on any atom is 0.265 e. The van der Waals surface area contributed by atoms with E-state index >= 15 is 0 Å². The average molecular weight is 256 g/mol. The number of nitriles is 1. The molecule has 1 aromatic rings. The first kappa shape index (κ1) is 13.7. The fourth-order valence-electron chi connectivity index (χ4n) is 2.78. The van der Waals surface area contributed by atoms with Crippen molar-refractivity contribution in [2.24, 2.45) is 11.8 Å². The Labute approximate surface area is 115 Å². The summed E-state index contributed by atoms with van der Waals surface area (Å²) in [5, 5.41) is 12.0. The number of rotatable bonds is 4. The van der Waals surface area contributed by atoms with Crippen LogP contribution in [0.2, 0.25) is 13.1 Å². The van der Waals surface area contributed by atoms with Crippen LogP contribution in [0.15, 0.2) is 18.3 Å². The van der Waals surface area contributed by atoms with Crippen LogP contribution >= 0.6 is 0 Å². The fourth-order valence-corrected chi connectivity index (χ4v) is 2.78. The molecule has 1 saturated heterocycles. The first-order valence-electron chi connectivity index (χ1n) is 6.92. The van der Waals surface area contributed by atoms with E-state index in [1.807, 2.05) is 26.1 Å². The smallest absolute Gasteiger partial charge is 0.265 e. The van der Waals surface area contributed by atoms with Crippen LogP contribution in [0.3, 0.4) is 0 Å². The first-order chi connectivity index (χ1) is 9.13. The summed E-state index contributed by atoms with van der Waals surface area (Å²) in [5.41, 5.74) is 1.18. The number of pyridine rings is 1. The minimum atomic E-state index is 0.150. The molecule has 2 rings (SSSR count). The predicted octanol–water partition coefficient (Wildman–Crippen LogP) is 2.38. The molecule has 1 N–H and O–H groups in total. The molecule has 0 aliphatic carbocycles. The third kappa shape index (κ3) is 3.20. The normalized spacial score (nSPS) is 22.1. The van der Waals surface area contributed by atoms with Gasteiger partial charge in [0.2, 0.25) is 0 Å². The van der Waals surface area contributed by atoms with Gasteiger partial charge in [0.1, 0.15) is 5.82 Å². The van der Waals surface area contributed by atoms with E-state index in [0.29, 0.717) is 11.8 Å². The lowest BCUT2D eigenvalue weighted by Gasteiger charge is -2.18. The van der Waals surface area contributed by atoms with E-state index in [0.717, 1.165) is 25.2 Å². The summed E-state index contributed by atoms with van der Waals surface area (Å²) in [6.07, 6.45) is 2.92. The van der Waals surface area contributed by atoms with Crippen LogP contribution in [0.5, 0.6) is 0 Å². The van der Waals surface area contributed by atoms with E-state index in [-0.39, 0.29) is 6.71 Å². The zero-order valence-electron chi connectivity index (χ0n) is 11.9. The number of anilines is 2. The van der Waals surface area contributed by atoms with Gasteiger partial charge in [-0.15, -0.1) is 0 Å². The zero-order chi connectivity index (χ0) is 13.8. The van der Waals surface area contributed by atoms with E-state index in [4.69, 9.17) is 5.26 Å². The summed E-state index contributed by atoms with van der Waals surface area (Å²) < 4.78 is 0. The van der Waals surface area contributed by atoms with E-state index < -0.39 is 0 Å². The molecule has 1 aliphatic heterocycles. The second-order valence-corrected chi connectivity index (χ2v) is 5.56. The molecule has 0 aromatic carbocycles. The van der Waals surface area contributed by atoms with Crippen LogP contribution in [0, 0.1) is 23.1 Å². The maximum atomic E-state index is 8.94. The van der Waals surface area contributed by atoms with Crippen molar-refractivity contribution in [3.63, 3.8) is 0 Å². The number of hydrogen-bond acceptors (Lipinski definition) is 4. The predicted molar refractivity (Wildman–Crippen MR) is 80.7 cm³/mol. The molecular formula is C14H21BN4. The molecule has 1 fully saturated rings. The molecule has 1 aromatic heterocycles. The molecule has 2 atom stereocenters. The van der Waals surface area contributed by atoms with Gasteiger partial charge in [-0.2, -0.15) is 0 Å². The monoisotopic (exact) mass is 256 g/mol. The fraction of sp³-hybridized carbons (Fsp3) is 0.571. The Hall–Kier alpha value is -1.70. The number of hydrogen-bond donors (Lipinski definition) is 1. The molecule has 0 radical (unpaired) electrons. The lowest BCUT2D eigenvalue weighted by atomic mass is 9.48. The molecule has 4 nitrogen and oxygen atoms in total. The number of aromatic nitrogens is 1. The van der Waals surface area contributed by atoms with Crippen molar-refractivity contribution in [3.8, 4) is 5.97 Å². The van der Waals surface area contributed by atoms with Gasteiger partial charge in [0, 0.05) is 26.1 Å². The molecule has 2 heterocycles. The van der Waals surface area contributed by atoms with Gasteiger partial charge in [0.05, 0.1) is 11.9 Å². The van der Waals surface area contributed by atoms with Crippen LogP contribution in [-0.4, -0.2) is 31.8 Å². The van der Waals surface area contributed by atoms with Gasteiger partial charge in [0.25, 0.3) is 6.71 Å². The molecule has 0 bridgehead atoms. The van der Waals surface area contributed by atoms with Crippen LogP contribution in [0.25, 0.3) is 0 Å². The van der Waals surface area contributed by atoms with Crippen LogP contribution in [-0.2, 0) is 0 Å². The van der Waals surface area contributed by atoms with E-state index in [1.165, 1.54) is 5.69 Å². The molecule has 0 saturated carbocycles. The highest BCUT2D eigenvalue weighted by atomic mass is 15.2. The van der Waals surface area contributed by atoms with Crippen LogP contribution in [0.1, 0.15) is 6.92 Å². The minimum absolute atomic E-state index is 0.150. The molecule has 2 unspecified atom stereocenters. The Morgan fingerprint density at radius 1 is 1.53 bits per heavy atom. The Morgan fingerprint density at radius 2 is 2.32 bits per heavy atom. The molecule has 1 aliphatic rings. The summed E-state index contributed by atoms with van der Waals surface area (Å²) in [6, 6.07) is 4.12. The summed E-state index contributed by atoms with van der Waals surface area (Å²) in [6.45, 7) is 6.54. The van der Waals surface area contributed by atoms with Gasteiger partial charge >= 0.3 is 0 Å². The Bertz CT molecular complexity index is 454. The quantitative estimate of drug-likeness (QED) is 0.840. The lowest BCUT2D eigenvalue weighted by molar-refractivity contribution is 0.491. The molecule has 0 spiro atoms. The zero-order valence-corrected chi connectivity index (χ0v) is 11.9. The molecular weight excluding hydrogens is 235 g/mol. The third-order valence-electron chi connectivity index (χ3n) is 4.01. The highest BCUT2D eigenvalue weighted by Gasteiger charge is 2.31. The second kappa shape index (κ2) is 5.96. The summed E-state index contributed by atoms with van der Waals surface area (Å²) in [4.78, 5) is 6.74. The van der Waals surface area contributed by atoms with Crippen molar-refractivity contribution >= 4 is 18.2 Å². The Kier molecular flexibility index (Phi) is 4.31. The third-order valence-corrected chi connectivity index (χ3v) is 4.01. The molecule has 0 amide bonds.